The molecule has 0 aliphatic heterocycles. The summed E-state index contributed by atoms with van der Waals surface area (Å²) in [5.74, 6) is -0.549. The van der Waals surface area contributed by atoms with Crippen LogP contribution in [0.15, 0.2) is 50.7 Å². The molecule has 0 aliphatic carbocycles. The number of ether oxygens (including phenoxy) is 1. The molecule has 5 heteroatoms. The van der Waals surface area contributed by atoms with Gasteiger partial charge in [-0.05, 0) is 51.8 Å². The molecule has 128 valence electrons. The lowest BCUT2D eigenvalue weighted by Crippen LogP contribution is -2.07. The van der Waals surface area contributed by atoms with Crippen LogP contribution in [0.4, 0.5) is 0 Å². The summed E-state index contributed by atoms with van der Waals surface area (Å²) in [7, 11) is 0. The van der Waals surface area contributed by atoms with Gasteiger partial charge in [0.25, 0.3) is 0 Å². The average molecular weight is 330 g/mol. The summed E-state index contributed by atoms with van der Waals surface area (Å²) < 4.78 is 10.5. The fourth-order valence-corrected chi connectivity index (χ4v) is 2.24. The van der Waals surface area contributed by atoms with Gasteiger partial charge in [0, 0.05) is 6.07 Å². The minimum absolute atomic E-state index is 0.0476. The highest BCUT2D eigenvalue weighted by Crippen LogP contribution is 2.32. The average Bonchev–Trinajstić information content (AvgIpc) is 2.49. The van der Waals surface area contributed by atoms with Crippen molar-refractivity contribution in [1.82, 2.24) is 0 Å². The van der Waals surface area contributed by atoms with Crippen molar-refractivity contribution in [2.24, 2.45) is 0 Å². The summed E-state index contributed by atoms with van der Waals surface area (Å²) in [6.07, 6.45) is 5.90. The van der Waals surface area contributed by atoms with Gasteiger partial charge in [-0.2, -0.15) is 0 Å². The number of phenolic OH excluding ortho intramolecular Hbond substituents is 1. The van der Waals surface area contributed by atoms with E-state index in [1.165, 1.54) is 23.8 Å². The Morgan fingerprint density at radius 3 is 2.67 bits per heavy atom. The molecule has 0 spiro atoms. The van der Waals surface area contributed by atoms with Gasteiger partial charge in [0.2, 0.25) is 5.75 Å². The molecular formula is C19H22O5. The van der Waals surface area contributed by atoms with E-state index in [1.807, 2.05) is 13.0 Å². The number of fused-ring (bicyclic) bond motifs is 1. The first kappa shape index (κ1) is 17.7. The quantitative estimate of drug-likeness (QED) is 0.610. The van der Waals surface area contributed by atoms with Crippen molar-refractivity contribution in [3.63, 3.8) is 0 Å². The Morgan fingerprint density at radius 2 is 1.96 bits per heavy atom. The second kappa shape index (κ2) is 7.73. The van der Waals surface area contributed by atoms with Crippen LogP contribution in [0.25, 0.3) is 11.0 Å². The van der Waals surface area contributed by atoms with Crippen LogP contribution in [0.2, 0.25) is 0 Å². The first-order chi connectivity index (χ1) is 11.4. The molecular weight excluding hydrogens is 308 g/mol. The molecule has 0 aliphatic rings. The molecule has 2 aromatic rings. The second-order valence-electron chi connectivity index (χ2n) is 5.93. The van der Waals surface area contributed by atoms with Crippen LogP contribution in [0.3, 0.4) is 0 Å². The van der Waals surface area contributed by atoms with Gasteiger partial charge in [-0.3, -0.25) is 0 Å². The number of hydrogen-bond acceptors (Lipinski definition) is 5. The molecule has 1 aromatic carbocycles. The van der Waals surface area contributed by atoms with Gasteiger partial charge in [-0.15, -0.1) is 0 Å². The Labute approximate surface area is 140 Å². The van der Waals surface area contributed by atoms with Crippen molar-refractivity contribution in [3.05, 3.63) is 51.9 Å². The molecule has 1 heterocycles. The minimum Gasteiger partial charge on any atom is -0.508 e. The number of benzene rings is 1. The van der Waals surface area contributed by atoms with E-state index < -0.39 is 5.63 Å². The second-order valence-corrected chi connectivity index (χ2v) is 5.93. The largest absolute Gasteiger partial charge is 0.508 e. The van der Waals surface area contributed by atoms with Gasteiger partial charge in [0.15, 0.2) is 5.75 Å². The zero-order chi connectivity index (χ0) is 17.7. The zero-order valence-corrected chi connectivity index (χ0v) is 14.1. The van der Waals surface area contributed by atoms with Crippen molar-refractivity contribution in [2.75, 3.05) is 6.61 Å². The van der Waals surface area contributed by atoms with Crippen LogP contribution in [0.5, 0.6) is 17.2 Å². The molecule has 5 nitrogen and oxygen atoms in total. The van der Waals surface area contributed by atoms with Crippen molar-refractivity contribution >= 4 is 11.0 Å². The summed E-state index contributed by atoms with van der Waals surface area (Å²) in [5.41, 5.74) is 1.75. The van der Waals surface area contributed by atoms with E-state index in [0.29, 0.717) is 5.39 Å². The summed E-state index contributed by atoms with van der Waals surface area (Å²) in [6, 6.07) is 4.14. The van der Waals surface area contributed by atoms with Crippen LogP contribution in [-0.4, -0.2) is 16.8 Å². The molecule has 0 saturated carbocycles. The monoisotopic (exact) mass is 330 g/mol. The van der Waals surface area contributed by atoms with Crippen molar-refractivity contribution in [2.45, 2.75) is 33.6 Å². The highest BCUT2D eigenvalue weighted by Gasteiger charge is 2.15. The first-order valence-corrected chi connectivity index (χ1v) is 7.79. The maximum atomic E-state index is 11.9. The van der Waals surface area contributed by atoms with E-state index in [2.05, 4.69) is 19.9 Å². The number of aromatic hydroxyl groups is 2. The molecule has 0 bridgehead atoms. The number of hydrogen-bond donors (Lipinski definition) is 2. The van der Waals surface area contributed by atoms with Crippen LogP contribution in [0, 0.1) is 0 Å². The van der Waals surface area contributed by atoms with Crippen molar-refractivity contribution in [3.8, 4) is 17.2 Å². The lowest BCUT2D eigenvalue weighted by molar-refractivity contribution is 0.317. The van der Waals surface area contributed by atoms with Gasteiger partial charge in [0.1, 0.15) is 17.9 Å². The summed E-state index contributed by atoms with van der Waals surface area (Å²) in [5, 5.41) is 19.9. The van der Waals surface area contributed by atoms with E-state index >= 15 is 0 Å². The predicted octanol–water partition coefficient (Wildman–Crippen LogP) is 4.28. The number of phenols is 1. The van der Waals surface area contributed by atoms with Gasteiger partial charge in [-0.1, -0.05) is 17.2 Å². The number of rotatable bonds is 6. The van der Waals surface area contributed by atoms with Crippen LogP contribution >= 0.6 is 0 Å². The molecule has 0 radical (unpaired) electrons. The fraction of sp³-hybridized carbons (Fsp3) is 0.316. The third-order valence-electron chi connectivity index (χ3n) is 3.57. The molecule has 2 rings (SSSR count). The van der Waals surface area contributed by atoms with E-state index in [-0.39, 0.29) is 29.4 Å². The van der Waals surface area contributed by atoms with Gasteiger partial charge in [0.05, 0.1) is 5.39 Å². The predicted molar refractivity (Wildman–Crippen MR) is 93.7 cm³/mol. The Hall–Kier alpha value is -2.69. The highest BCUT2D eigenvalue weighted by molar-refractivity contribution is 5.86. The molecule has 0 unspecified atom stereocenters. The van der Waals surface area contributed by atoms with E-state index in [4.69, 9.17) is 9.15 Å². The fourth-order valence-electron chi connectivity index (χ4n) is 2.24. The molecule has 0 atom stereocenters. The molecule has 0 amide bonds. The standard InChI is InChI=1S/C19H22O5/c1-12(2)5-4-6-13(3)9-10-23-18-17(21)15-8-7-14(20)11-16(15)24-19(18)22/h5,7-9,11,20-21H,4,6,10H2,1-3H3. The number of allylic oxidation sites excluding steroid dienone is 3. The lowest BCUT2D eigenvalue weighted by Gasteiger charge is -2.07. The van der Waals surface area contributed by atoms with E-state index in [0.717, 1.165) is 18.4 Å². The van der Waals surface area contributed by atoms with Crippen molar-refractivity contribution in [1.29, 1.82) is 0 Å². The third kappa shape index (κ3) is 4.41. The topological polar surface area (TPSA) is 79.9 Å². The Balaban J connectivity index is 2.11. The van der Waals surface area contributed by atoms with Gasteiger partial charge in [-0.25, -0.2) is 4.79 Å². The molecule has 24 heavy (non-hydrogen) atoms. The van der Waals surface area contributed by atoms with E-state index in [1.54, 1.807) is 0 Å². The SMILES string of the molecule is CC(C)=CCCC(C)=CCOc1c(O)c2ccc(O)cc2oc1=O. The highest BCUT2D eigenvalue weighted by atomic mass is 16.5. The third-order valence-corrected chi connectivity index (χ3v) is 3.57. The normalized spacial score (nSPS) is 11.5. The van der Waals surface area contributed by atoms with E-state index in [9.17, 15) is 15.0 Å². The summed E-state index contributed by atoms with van der Waals surface area (Å²) in [4.78, 5) is 11.9. The maximum Gasteiger partial charge on any atom is 0.383 e. The van der Waals surface area contributed by atoms with Gasteiger partial charge >= 0.3 is 5.63 Å². The Morgan fingerprint density at radius 1 is 1.21 bits per heavy atom. The summed E-state index contributed by atoms with van der Waals surface area (Å²) in [6.45, 7) is 6.28. The summed E-state index contributed by atoms with van der Waals surface area (Å²) >= 11 is 0. The molecule has 2 N–H and O–H groups in total. The van der Waals surface area contributed by atoms with Crippen molar-refractivity contribution < 1.29 is 19.4 Å². The first-order valence-electron chi connectivity index (χ1n) is 7.79. The minimum atomic E-state index is -0.777. The van der Waals surface area contributed by atoms with Crippen LogP contribution in [0.1, 0.15) is 33.6 Å². The smallest absolute Gasteiger partial charge is 0.383 e. The van der Waals surface area contributed by atoms with Crippen LogP contribution in [-0.2, 0) is 0 Å². The Bertz CT molecular complexity index is 839. The van der Waals surface area contributed by atoms with Gasteiger partial charge < -0.3 is 19.4 Å². The molecule has 0 saturated heterocycles. The lowest BCUT2D eigenvalue weighted by atomic mass is 10.1. The molecule has 1 aromatic heterocycles. The zero-order valence-electron chi connectivity index (χ0n) is 14.1. The Kier molecular flexibility index (Phi) is 5.68. The van der Waals surface area contributed by atoms with Crippen LogP contribution < -0.4 is 10.4 Å². The maximum absolute atomic E-state index is 11.9. The molecule has 0 fully saturated rings.